The van der Waals surface area contributed by atoms with Crippen LogP contribution < -0.4 is 0 Å². The molecule has 0 aromatic heterocycles. The van der Waals surface area contributed by atoms with Gasteiger partial charge in [0.15, 0.2) is 0 Å². The molecule has 0 radical (unpaired) electrons. The van der Waals surface area contributed by atoms with E-state index >= 15 is 0 Å². The van der Waals surface area contributed by atoms with Crippen LogP contribution in [0.1, 0.15) is 25.7 Å². The van der Waals surface area contributed by atoms with Crippen LogP contribution in [0.2, 0.25) is 0 Å². The van der Waals surface area contributed by atoms with E-state index < -0.39 is 0 Å². The van der Waals surface area contributed by atoms with E-state index in [0.717, 1.165) is 37.9 Å². The van der Waals surface area contributed by atoms with Crippen molar-refractivity contribution in [3.8, 4) is 0 Å². The minimum Gasteiger partial charge on any atom is -0.469 e. The third-order valence-electron chi connectivity index (χ3n) is 3.85. The minimum atomic E-state index is -0.100. The molecule has 1 saturated carbocycles. The molecule has 4 heteroatoms. The number of allylic oxidation sites excluding steroid dienone is 1. The van der Waals surface area contributed by atoms with Crippen molar-refractivity contribution in [3.63, 3.8) is 0 Å². The second-order valence-corrected chi connectivity index (χ2v) is 5.01. The summed E-state index contributed by atoms with van der Waals surface area (Å²) in [6.07, 6.45) is 6.97. The fraction of sp³-hybridized carbons (Fsp3) is 0.571. The average Bonchev–Trinajstić information content (AvgIpc) is 2.70. The van der Waals surface area contributed by atoms with Crippen molar-refractivity contribution in [2.24, 2.45) is 11.8 Å². The molecule has 2 aliphatic rings. The molecule has 0 spiro atoms. The first kappa shape index (κ1) is 12.9. The highest BCUT2D eigenvalue weighted by Crippen LogP contribution is 2.31. The standard InChI is InChI=1S/C14H19NO3/c1-10-3-8-13(16)15(10)9-11-4-6-12(7-5-11)14(17)18-2/h3,8,11-12H,1,4-7,9H2,2H3/t11-,12-. The maximum atomic E-state index is 11.6. The summed E-state index contributed by atoms with van der Waals surface area (Å²) < 4.78 is 4.76. The molecule has 0 atom stereocenters. The predicted molar refractivity (Wildman–Crippen MR) is 67.5 cm³/mol. The van der Waals surface area contributed by atoms with Gasteiger partial charge in [0.05, 0.1) is 13.0 Å². The molecule has 0 aromatic rings. The topological polar surface area (TPSA) is 46.6 Å². The molecule has 98 valence electrons. The lowest BCUT2D eigenvalue weighted by molar-refractivity contribution is -0.147. The van der Waals surface area contributed by atoms with Crippen molar-refractivity contribution in [1.82, 2.24) is 4.90 Å². The SMILES string of the molecule is C=C1C=CC(=O)N1C[C@H]1CC[C@H](C(=O)OC)CC1. The number of esters is 1. The number of carbonyl (C=O) groups excluding carboxylic acids is 2. The summed E-state index contributed by atoms with van der Waals surface area (Å²) in [5.74, 6) is 0.431. The molecule has 1 heterocycles. The Bertz CT molecular complexity index is 374. The van der Waals surface area contributed by atoms with Crippen molar-refractivity contribution < 1.29 is 14.3 Å². The Balaban J connectivity index is 1.82. The lowest BCUT2D eigenvalue weighted by atomic mass is 9.82. The van der Waals surface area contributed by atoms with E-state index in [9.17, 15) is 9.59 Å². The Hall–Kier alpha value is -1.58. The molecule has 1 aliphatic carbocycles. The molecule has 0 aromatic carbocycles. The van der Waals surface area contributed by atoms with Gasteiger partial charge >= 0.3 is 5.97 Å². The number of hydrogen-bond acceptors (Lipinski definition) is 3. The smallest absolute Gasteiger partial charge is 0.308 e. The Morgan fingerprint density at radius 2 is 2.06 bits per heavy atom. The van der Waals surface area contributed by atoms with Crippen LogP contribution in [0, 0.1) is 11.8 Å². The van der Waals surface area contributed by atoms with Crippen LogP contribution in [0.4, 0.5) is 0 Å². The molecule has 0 N–H and O–H groups in total. The van der Waals surface area contributed by atoms with Crippen LogP contribution in [-0.4, -0.2) is 30.4 Å². The van der Waals surface area contributed by atoms with E-state index in [2.05, 4.69) is 6.58 Å². The zero-order valence-corrected chi connectivity index (χ0v) is 10.7. The van der Waals surface area contributed by atoms with Gasteiger partial charge < -0.3 is 9.64 Å². The Morgan fingerprint density at radius 3 is 2.56 bits per heavy atom. The molecule has 18 heavy (non-hydrogen) atoms. The lowest BCUT2D eigenvalue weighted by Crippen LogP contribution is -2.33. The van der Waals surface area contributed by atoms with Crippen LogP contribution >= 0.6 is 0 Å². The van der Waals surface area contributed by atoms with Gasteiger partial charge in [0, 0.05) is 18.3 Å². The number of amides is 1. The predicted octanol–water partition coefficient (Wildman–Crippen LogP) is 1.88. The van der Waals surface area contributed by atoms with E-state index in [0.29, 0.717) is 5.92 Å². The zero-order valence-electron chi connectivity index (χ0n) is 10.7. The Kier molecular flexibility index (Phi) is 3.84. The molecular formula is C14H19NO3. The van der Waals surface area contributed by atoms with Gasteiger partial charge in [-0.25, -0.2) is 0 Å². The minimum absolute atomic E-state index is 0.0232. The number of nitrogens with zero attached hydrogens (tertiary/aromatic N) is 1. The maximum absolute atomic E-state index is 11.6. The van der Waals surface area contributed by atoms with Gasteiger partial charge in [-0.2, -0.15) is 0 Å². The maximum Gasteiger partial charge on any atom is 0.308 e. The normalized spacial score (nSPS) is 27.7. The second-order valence-electron chi connectivity index (χ2n) is 5.01. The van der Waals surface area contributed by atoms with Gasteiger partial charge in [-0.3, -0.25) is 9.59 Å². The molecule has 1 fully saturated rings. The van der Waals surface area contributed by atoms with Crippen LogP contribution in [0.15, 0.2) is 24.4 Å². The van der Waals surface area contributed by atoms with Crippen molar-refractivity contribution in [2.45, 2.75) is 25.7 Å². The fourth-order valence-corrected chi connectivity index (χ4v) is 2.70. The first-order valence-corrected chi connectivity index (χ1v) is 6.38. The molecule has 4 nitrogen and oxygen atoms in total. The summed E-state index contributed by atoms with van der Waals surface area (Å²) in [5.41, 5.74) is 0.773. The van der Waals surface area contributed by atoms with E-state index in [1.807, 2.05) is 0 Å². The van der Waals surface area contributed by atoms with Crippen molar-refractivity contribution in [3.05, 3.63) is 24.4 Å². The van der Waals surface area contributed by atoms with Crippen molar-refractivity contribution in [2.75, 3.05) is 13.7 Å². The van der Waals surface area contributed by atoms with E-state index in [4.69, 9.17) is 4.74 Å². The second kappa shape index (κ2) is 5.38. The van der Waals surface area contributed by atoms with Crippen LogP contribution in [0.25, 0.3) is 0 Å². The summed E-state index contributed by atoms with van der Waals surface area (Å²) in [6.45, 7) is 4.57. The number of methoxy groups -OCH3 is 1. The highest BCUT2D eigenvalue weighted by Gasteiger charge is 2.29. The zero-order chi connectivity index (χ0) is 13.1. The van der Waals surface area contributed by atoms with Gasteiger partial charge in [0.25, 0.3) is 5.91 Å². The molecular weight excluding hydrogens is 230 g/mol. The van der Waals surface area contributed by atoms with Crippen molar-refractivity contribution >= 4 is 11.9 Å². The van der Waals surface area contributed by atoms with Crippen LogP contribution in [-0.2, 0) is 14.3 Å². The Morgan fingerprint density at radius 1 is 1.39 bits per heavy atom. The summed E-state index contributed by atoms with van der Waals surface area (Å²) in [6, 6.07) is 0. The van der Waals surface area contributed by atoms with Gasteiger partial charge in [0.1, 0.15) is 0 Å². The number of ether oxygens (including phenoxy) is 1. The van der Waals surface area contributed by atoms with Crippen molar-refractivity contribution in [1.29, 1.82) is 0 Å². The van der Waals surface area contributed by atoms with Gasteiger partial charge in [-0.05, 0) is 37.7 Å². The molecule has 0 unspecified atom stereocenters. The summed E-state index contributed by atoms with van der Waals surface area (Å²) in [7, 11) is 1.44. The van der Waals surface area contributed by atoms with Crippen LogP contribution in [0.3, 0.4) is 0 Å². The molecule has 0 bridgehead atoms. The monoisotopic (exact) mass is 249 g/mol. The average molecular weight is 249 g/mol. The third-order valence-corrected chi connectivity index (χ3v) is 3.85. The van der Waals surface area contributed by atoms with E-state index in [1.165, 1.54) is 7.11 Å². The number of hydrogen-bond donors (Lipinski definition) is 0. The summed E-state index contributed by atoms with van der Waals surface area (Å²) >= 11 is 0. The molecule has 2 rings (SSSR count). The van der Waals surface area contributed by atoms with Gasteiger partial charge in [-0.15, -0.1) is 0 Å². The quantitative estimate of drug-likeness (QED) is 0.717. The molecule has 1 aliphatic heterocycles. The van der Waals surface area contributed by atoms with E-state index in [1.54, 1.807) is 17.1 Å². The summed E-state index contributed by atoms with van der Waals surface area (Å²) in [4.78, 5) is 24.7. The van der Waals surface area contributed by atoms with Gasteiger partial charge in [-0.1, -0.05) is 6.58 Å². The largest absolute Gasteiger partial charge is 0.469 e. The first-order valence-electron chi connectivity index (χ1n) is 6.38. The first-order chi connectivity index (χ1) is 8.61. The Labute approximate surface area is 107 Å². The number of carbonyl (C=O) groups is 2. The fourth-order valence-electron chi connectivity index (χ4n) is 2.70. The van der Waals surface area contributed by atoms with E-state index in [-0.39, 0.29) is 17.8 Å². The van der Waals surface area contributed by atoms with Gasteiger partial charge in [0.2, 0.25) is 0 Å². The highest BCUT2D eigenvalue weighted by molar-refractivity contribution is 5.93. The molecule has 1 amide bonds. The van der Waals surface area contributed by atoms with Crippen LogP contribution in [0.5, 0.6) is 0 Å². The number of rotatable bonds is 3. The highest BCUT2D eigenvalue weighted by atomic mass is 16.5. The third kappa shape index (κ3) is 2.63. The lowest BCUT2D eigenvalue weighted by Gasteiger charge is -2.30. The summed E-state index contributed by atoms with van der Waals surface area (Å²) in [5, 5.41) is 0. The molecule has 0 saturated heterocycles.